The molecule has 0 atom stereocenters. The van der Waals surface area contributed by atoms with Crippen LogP contribution in [0.3, 0.4) is 0 Å². The average molecular weight is 410 g/mol. The maximum Gasteiger partial charge on any atom is 0.222 e. The second-order valence-corrected chi connectivity index (χ2v) is 6.59. The predicted octanol–water partition coefficient (Wildman–Crippen LogP) is 3.97. The molecule has 0 saturated carbocycles. The Kier molecular flexibility index (Phi) is 7.39. The summed E-state index contributed by atoms with van der Waals surface area (Å²) in [5.74, 6) is 2.20. The van der Waals surface area contributed by atoms with Crippen molar-refractivity contribution < 1.29 is 9.47 Å². The molecule has 136 valence electrons. The van der Waals surface area contributed by atoms with Crippen molar-refractivity contribution >= 4 is 27.7 Å². The quantitative estimate of drug-likeness (QED) is 0.477. The van der Waals surface area contributed by atoms with E-state index in [4.69, 9.17) is 15.2 Å². The monoisotopic (exact) mass is 409 g/mol. The number of hydrogen-bond acceptors (Lipinski definition) is 7. The van der Waals surface area contributed by atoms with Crippen molar-refractivity contribution in [1.29, 1.82) is 0 Å². The maximum atomic E-state index is 6.06. The number of halogens is 1. The second-order valence-electron chi connectivity index (χ2n) is 5.78. The summed E-state index contributed by atoms with van der Waals surface area (Å²) in [4.78, 5) is 12.5. The molecule has 25 heavy (non-hydrogen) atoms. The lowest BCUT2D eigenvalue weighted by Crippen LogP contribution is -2.12. The molecule has 7 nitrogen and oxygen atoms in total. The summed E-state index contributed by atoms with van der Waals surface area (Å²) in [5, 5.41) is 3.19. The molecule has 2 aromatic rings. The first-order valence-electron chi connectivity index (χ1n) is 8.28. The lowest BCUT2D eigenvalue weighted by molar-refractivity contribution is 0.144. The summed E-state index contributed by atoms with van der Waals surface area (Å²) in [7, 11) is 0. The number of hydrogen-bond donors (Lipinski definition) is 2. The van der Waals surface area contributed by atoms with Crippen molar-refractivity contribution in [1.82, 2.24) is 15.0 Å². The Bertz CT molecular complexity index is 697. The first-order valence-corrected chi connectivity index (χ1v) is 9.08. The molecule has 0 aliphatic rings. The van der Waals surface area contributed by atoms with Crippen molar-refractivity contribution in [3.05, 3.63) is 28.6 Å². The lowest BCUT2D eigenvalue weighted by Gasteiger charge is -2.16. The van der Waals surface area contributed by atoms with Crippen LogP contribution >= 0.6 is 15.9 Å². The molecule has 0 saturated heterocycles. The highest BCUT2D eigenvalue weighted by Crippen LogP contribution is 2.34. The van der Waals surface area contributed by atoms with Crippen molar-refractivity contribution in [2.45, 2.75) is 33.1 Å². The number of nitrogens with one attached hydrogen (secondary N) is 1. The number of nitrogens with zero attached hydrogens (tertiary/aromatic N) is 3. The number of pyridine rings is 1. The van der Waals surface area contributed by atoms with Crippen molar-refractivity contribution in [3.63, 3.8) is 0 Å². The van der Waals surface area contributed by atoms with Crippen LogP contribution in [0.25, 0.3) is 0 Å². The number of nitrogens with two attached hydrogens (primary N) is 1. The maximum absolute atomic E-state index is 6.06. The Labute approximate surface area is 156 Å². The molecular weight excluding hydrogens is 386 g/mol. The van der Waals surface area contributed by atoms with Gasteiger partial charge in [-0.05, 0) is 28.3 Å². The highest BCUT2D eigenvalue weighted by Gasteiger charge is 2.14. The first-order chi connectivity index (χ1) is 12.0. The molecule has 0 unspecified atom stereocenters. The molecule has 3 N–H and O–H groups in total. The van der Waals surface area contributed by atoms with Gasteiger partial charge in [0.05, 0.1) is 12.8 Å². The van der Waals surface area contributed by atoms with E-state index >= 15 is 0 Å². The van der Waals surface area contributed by atoms with E-state index in [9.17, 15) is 0 Å². The SMILES string of the molecule is CCCOCCNc1nc(N)ncc1Oc1cc(Br)ncc1C(C)C. The summed E-state index contributed by atoms with van der Waals surface area (Å²) in [6.45, 7) is 8.16. The Hall–Kier alpha value is -1.93. The van der Waals surface area contributed by atoms with Gasteiger partial charge in [0.1, 0.15) is 10.4 Å². The zero-order valence-corrected chi connectivity index (χ0v) is 16.3. The molecule has 0 spiro atoms. The van der Waals surface area contributed by atoms with Gasteiger partial charge in [0.25, 0.3) is 0 Å². The van der Waals surface area contributed by atoms with Gasteiger partial charge >= 0.3 is 0 Å². The van der Waals surface area contributed by atoms with Crippen LogP contribution in [0.1, 0.15) is 38.7 Å². The van der Waals surface area contributed by atoms with E-state index in [-0.39, 0.29) is 11.9 Å². The predicted molar refractivity (Wildman–Crippen MR) is 102 cm³/mol. The van der Waals surface area contributed by atoms with E-state index in [0.29, 0.717) is 35.1 Å². The highest BCUT2D eigenvalue weighted by atomic mass is 79.9. The fourth-order valence-electron chi connectivity index (χ4n) is 2.14. The second kappa shape index (κ2) is 9.53. The molecule has 0 fully saturated rings. The third-order valence-corrected chi connectivity index (χ3v) is 3.80. The van der Waals surface area contributed by atoms with Crippen LogP contribution in [-0.2, 0) is 4.74 Å². The summed E-state index contributed by atoms with van der Waals surface area (Å²) in [5.41, 5.74) is 6.71. The minimum atomic E-state index is 0.185. The van der Waals surface area contributed by atoms with E-state index in [2.05, 4.69) is 57.0 Å². The molecule has 2 aromatic heterocycles. The fraction of sp³-hybridized carbons (Fsp3) is 0.471. The van der Waals surface area contributed by atoms with E-state index in [0.717, 1.165) is 18.6 Å². The summed E-state index contributed by atoms with van der Waals surface area (Å²) < 4.78 is 12.2. The van der Waals surface area contributed by atoms with Gasteiger partial charge in [0.2, 0.25) is 5.95 Å². The van der Waals surface area contributed by atoms with Crippen LogP contribution < -0.4 is 15.8 Å². The third kappa shape index (κ3) is 5.82. The van der Waals surface area contributed by atoms with Gasteiger partial charge in [-0.3, -0.25) is 0 Å². The van der Waals surface area contributed by atoms with Crippen molar-refractivity contribution in [2.75, 3.05) is 30.8 Å². The number of anilines is 2. The highest BCUT2D eigenvalue weighted by molar-refractivity contribution is 9.10. The normalized spacial score (nSPS) is 10.9. The molecule has 8 heteroatoms. The van der Waals surface area contributed by atoms with Crippen molar-refractivity contribution in [2.24, 2.45) is 0 Å². The van der Waals surface area contributed by atoms with Gasteiger partial charge in [0, 0.05) is 31.0 Å². The molecule has 0 radical (unpaired) electrons. The third-order valence-electron chi connectivity index (χ3n) is 3.36. The van der Waals surface area contributed by atoms with E-state index in [1.165, 1.54) is 0 Å². The Morgan fingerprint density at radius 1 is 1.20 bits per heavy atom. The van der Waals surface area contributed by atoms with Crippen LogP contribution in [0.2, 0.25) is 0 Å². The van der Waals surface area contributed by atoms with E-state index in [1.807, 2.05) is 6.07 Å². The summed E-state index contributed by atoms with van der Waals surface area (Å²) >= 11 is 3.38. The fourth-order valence-corrected chi connectivity index (χ4v) is 2.45. The lowest BCUT2D eigenvalue weighted by atomic mass is 10.1. The largest absolute Gasteiger partial charge is 0.451 e. The molecule has 0 aromatic carbocycles. The average Bonchev–Trinajstić information content (AvgIpc) is 2.56. The molecule has 0 bridgehead atoms. The van der Waals surface area contributed by atoms with Crippen LogP contribution in [0.4, 0.5) is 11.8 Å². The zero-order chi connectivity index (χ0) is 18.2. The van der Waals surface area contributed by atoms with E-state index in [1.54, 1.807) is 12.4 Å². The van der Waals surface area contributed by atoms with Gasteiger partial charge in [0.15, 0.2) is 11.6 Å². The van der Waals surface area contributed by atoms with Gasteiger partial charge in [-0.15, -0.1) is 0 Å². The molecule has 0 aliphatic carbocycles. The number of rotatable bonds is 9. The minimum Gasteiger partial charge on any atom is -0.451 e. The first kappa shape index (κ1) is 19.4. The Morgan fingerprint density at radius 3 is 2.72 bits per heavy atom. The van der Waals surface area contributed by atoms with Gasteiger partial charge in [-0.2, -0.15) is 4.98 Å². The van der Waals surface area contributed by atoms with Crippen LogP contribution in [0.15, 0.2) is 23.1 Å². The van der Waals surface area contributed by atoms with Crippen molar-refractivity contribution in [3.8, 4) is 11.5 Å². The van der Waals surface area contributed by atoms with E-state index < -0.39 is 0 Å². The number of ether oxygens (including phenoxy) is 2. The Morgan fingerprint density at radius 2 is 2.00 bits per heavy atom. The number of nitrogen functional groups attached to an aromatic ring is 1. The van der Waals surface area contributed by atoms with Crippen LogP contribution in [-0.4, -0.2) is 34.7 Å². The molecule has 0 aliphatic heterocycles. The minimum absolute atomic E-state index is 0.185. The standard InChI is InChI=1S/C17H24BrN5O2/c1-4-6-24-7-5-20-16-14(10-22-17(19)23-16)25-13-8-15(18)21-9-12(13)11(2)3/h8-11H,4-7H2,1-3H3,(H3,19,20,22,23). The molecule has 2 heterocycles. The van der Waals surface area contributed by atoms with Crippen LogP contribution in [0.5, 0.6) is 11.5 Å². The van der Waals surface area contributed by atoms with Crippen LogP contribution in [0, 0.1) is 0 Å². The smallest absolute Gasteiger partial charge is 0.222 e. The topological polar surface area (TPSA) is 95.2 Å². The molecule has 0 amide bonds. The van der Waals surface area contributed by atoms with Gasteiger partial charge in [-0.1, -0.05) is 20.8 Å². The molecular formula is C17H24BrN5O2. The molecule has 2 rings (SSSR count). The van der Waals surface area contributed by atoms with Gasteiger partial charge in [-0.25, -0.2) is 9.97 Å². The zero-order valence-electron chi connectivity index (χ0n) is 14.8. The Balaban J connectivity index is 2.18. The number of aromatic nitrogens is 3. The summed E-state index contributed by atoms with van der Waals surface area (Å²) in [6, 6.07) is 1.83. The van der Waals surface area contributed by atoms with Gasteiger partial charge < -0.3 is 20.5 Å². The summed E-state index contributed by atoms with van der Waals surface area (Å²) in [6.07, 6.45) is 4.35.